The van der Waals surface area contributed by atoms with Crippen LogP contribution in [0.5, 0.6) is 0 Å². The Labute approximate surface area is 357 Å². The van der Waals surface area contributed by atoms with Gasteiger partial charge in [0.15, 0.2) is 0 Å². The van der Waals surface area contributed by atoms with Crippen LogP contribution < -0.4 is 10.6 Å². The standard InChI is InChI=1S/C54H77N3S/c1-2-12-36(13-3-1)53-44-18-6-9-19-47(44)55-54(56-53)43-28-30-49(40-15-5-4-14-39(40)43)57-48-20-10-7-16-41(48)45-32-37(26-29-50(45)57)34-22-24-35(25-23-34)38-27-31-52-46(33-38)42-17-8-11-21-51(42)58-52/h6,10,18,20,22,28,30,35-40,42,44-47,50-56H,1-5,7-9,11-17,19,21,23-27,29,31-33H2. The summed E-state index contributed by atoms with van der Waals surface area (Å²) in [6, 6.07) is 1.95. The van der Waals surface area contributed by atoms with Gasteiger partial charge < -0.3 is 4.90 Å². The van der Waals surface area contributed by atoms with Gasteiger partial charge in [-0.05, 0) is 187 Å². The van der Waals surface area contributed by atoms with Gasteiger partial charge in [-0.3, -0.25) is 10.6 Å². The number of nitrogens with one attached hydrogen (secondary N) is 2. The monoisotopic (exact) mass is 800 g/mol. The maximum atomic E-state index is 4.38. The van der Waals surface area contributed by atoms with Crippen molar-refractivity contribution < 1.29 is 0 Å². The average Bonchev–Trinajstić information content (AvgIpc) is 3.83. The highest BCUT2D eigenvalue weighted by atomic mass is 32.2. The SMILES string of the molecule is C1=CC2=C(CC1)C1CC(C3=CCC(C4CCC5SC6CCCCC6C5C4)CC3)CCC1N2C1=CC=C(C2NC3CCC=CC3C(C3CCCCC3)N2)C2CCCCC12. The van der Waals surface area contributed by atoms with E-state index in [2.05, 4.69) is 69.8 Å². The lowest BCUT2D eigenvalue weighted by Crippen LogP contribution is -2.66. The lowest BCUT2D eigenvalue weighted by molar-refractivity contribution is 0.115. The fourth-order valence-corrected chi connectivity index (χ4v) is 19.0. The number of nitrogens with zero attached hydrogens (tertiary/aromatic N) is 1. The molecule has 0 radical (unpaired) electrons. The molecule has 0 spiro atoms. The van der Waals surface area contributed by atoms with Crippen LogP contribution in [0.2, 0.25) is 0 Å². The molecule has 12 rings (SSSR count). The van der Waals surface area contributed by atoms with Gasteiger partial charge in [-0.15, -0.1) is 0 Å². The molecule has 3 aliphatic heterocycles. The van der Waals surface area contributed by atoms with Crippen LogP contribution in [0, 0.1) is 59.2 Å². The van der Waals surface area contributed by atoms with Crippen LogP contribution in [0.3, 0.4) is 0 Å². The van der Waals surface area contributed by atoms with Crippen LogP contribution in [-0.2, 0) is 0 Å². The molecule has 3 heterocycles. The summed E-state index contributed by atoms with van der Waals surface area (Å²) in [6.07, 6.45) is 56.0. The molecule has 2 N–H and O–H groups in total. The van der Waals surface area contributed by atoms with E-state index in [0.29, 0.717) is 42.0 Å². The lowest BCUT2D eigenvalue weighted by atomic mass is 9.64. The molecule has 0 aromatic carbocycles. The maximum absolute atomic E-state index is 4.38. The summed E-state index contributed by atoms with van der Waals surface area (Å²) in [5.74, 6) is 8.61. The second-order valence-electron chi connectivity index (χ2n) is 22.3. The summed E-state index contributed by atoms with van der Waals surface area (Å²) in [7, 11) is 0. The first-order chi connectivity index (χ1) is 28.7. The van der Waals surface area contributed by atoms with Gasteiger partial charge in [-0.1, -0.05) is 80.9 Å². The third-order valence-corrected chi connectivity index (χ3v) is 21.5. The van der Waals surface area contributed by atoms with Gasteiger partial charge in [0.05, 0.1) is 6.17 Å². The number of rotatable bonds is 5. The van der Waals surface area contributed by atoms with E-state index < -0.39 is 0 Å². The maximum Gasteiger partial charge on any atom is 0.0805 e. The van der Waals surface area contributed by atoms with E-state index in [1.165, 1.54) is 154 Å². The number of hydrogen-bond acceptors (Lipinski definition) is 4. The van der Waals surface area contributed by atoms with Gasteiger partial charge in [0, 0.05) is 57.8 Å². The van der Waals surface area contributed by atoms with Crippen molar-refractivity contribution >= 4 is 11.8 Å². The molecule has 7 fully saturated rings. The normalized spacial score (nSPS) is 46.5. The summed E-state index contributed by atoms with van der Waals surface area (Å²) in [4.78, 5) is 3.01. The summed E-state index contributed by atoms with van der Waals surface area (Å²) < 4.78 is 0. The van der Waals surface area contributed by atoms with Crippen molar-refractivity contribution in [1.29, 1.82) is 0 Å². The summed E-state index contributed by atoms with van der Waals surface area (Å²) in [5, 5.41) is 10.7. The Morgan fingerprint density at radius 3 is 2.40 bits per heavy atom. The Morgan fingerprint density at radius 2 is 1.48 bits per heavy atom. The Kier molecular flexibility index (Phi) is 10.8. The quantitative estimate of drug-likeness (QED) is 0.271. The number of hydrogen-bond donors (Lipinski definition) is 2. The minimum atomic E-state index is 0.346. The van der Waals surface area contributed by atoms with E-state index in [0.717, 1.165) is 51.9 Å². The topological polar surface area (TPSA) is 27.3 Å². The van der Waals surface area contributed by atoms with Crippen molar-refractivity contribution in [2.45, 2.75) is 202 Å². The zero-order chi connectivity index (χ0) is 38.2. The van der Waals surface area contributed by atoms with Crippen LogP contribution in [0.25, 0.3) is 0 Å². The Balaban J connectivity index is 0.763. The molecule has 4 heteroatoms. The van der Waals surface area contributed by atoms with Gasteiger partial charge in [-0.25, -0.2) is 0 Å². The highest BCUT2D eigenvalue weighted by Gasteiger charge is 2.51. The van der Waals surface area contributed by atoms with Crippen molar-refractivity contribution in [2.24, 2.45) is 59.2 Å². The summed E-state index contributed by atoms with van der Waals surface area (Å²) >= 11 is 2.45. The number of thioether (sulfide) groups is 1. The Hall–Kier alpha value is -1.49. The van der Waals surface area contributed by atoms with Gasteiger partial charge in [0.25, 0.3) is 0 Å². The van der Waals surface area contributed by atoms with E-state index in [1.54, 1.807) is 29.8 Å². The molecule has 5 saturated carbocycles. The van der Waals surface area contributed by atoms with E-state index in [1.807, 2.05) is 11.1 Å². The third kappa shape index (κ3) is 6.80. The minimum absolute atomic E-state index is 0.346. The van der Waals surface area contributed by atoms with Crippen LogP contribution in [0.15, 0.2) is 70.6 Å². The molecule has 0 aromatic heterocycles. The lowest BCUT2D eigenvalue weighted by Gasteiger charge is -2.51. The van der Waals surface area contributed by atoms with Crippen molar-refractivity contribution in [1.82, 2.24) is 15.5 Å². The van der Waals surface area contributed by atoms with Crippen LogP contribution in [0.1, 0.15) is 167 Å². The first-order valence-corrected chi connectivity index (χ1v) is 26.8. The molecule has 0 bridgehead atoms. The van der Waals surface area contributed by atoms with Crippen LogP contribution in [0.4, 0.5) is 0 Å². The molecule has 15 atom stereocenters. The molecule has 0 amide bonds. The molecule has 15 unspecified atom stereocenters. The fraction of sp³-hybridized carbons (Fsp3) is 0.778. The zero-order valence-electron chi connectivity index (χ0n) is 36.0. The molecular formula is C54H77N3S. The average molecular weight is 800 g/mol. The number of fused-ring (bicyclic) bond motifs is 7. The zero-order valence-corrected chi connectivity index (χ0v) is 36.8. The molecule has 0 aromatic rings. The second kappa shape index (κ2) is 16.3. The van der Waals surface area contributed by atoms with Crippen molar-refractivity contribution in [3.05, 3.63) is 70.6 Å². The molecule has 2 saturated heterocycles. The highest BCUT2D eigenvalue weighted by molar-refractivity contribution is 8.00. The van der Waals surface area contributed by atoms with Gasteiger partial charge in [-0.2, -0.15) is 11.8 Å². The molecular weight excluding hydrogens is 723 g/mol. The van der Waals surface area contributed by atoms with Crippen molar-refractivity contribution in [3.63, 3.8) is 0 Å². The van der Waals surface area contributed by atoms with E-state index in [4.69, 9.17) is 0 Å². The molecule has 314 valence electrons. The second-order valence-corrected chi connectivity index (χ2v) is 23.7. The largest absolute Gasteiger partial charge is 0.341 e. The highest BCUT2D eigenvalue weighted by Crippen LogP contribution is 2.58. The predicted molar refractivity (Wildman–Crippen MR) is 243 cm³/mol. The molecule has 58 heavy (non-hydrogen) atoms. The van der Waals surface area contributed by atoms with Crippen LogP contribution in [-0.4, -0.2) is 39.7 Å². The Bertz CT molecular complexity index is 1730. The Morgan fingerprint density at radius 1 is 0.621 bits per heavy atom. The fourth-order valence-electron chi connectivity index (χ4n) is 16.9. The van der Waals surface area contributed by atoms with Crippen molar-refractivity contribution in [2.75, 3.05) is 0 Å². The van der Waals surface area contributed by atoms with E-state index >= 15 is 0 Å². The third-order valence-electron chi connectivity index (χ3n) is 19.7. The first-order valence-electron chi connectivity index (χ1n) is 25.9. The minimum Gasteiger partial charge on any atom is -0.341 e. The first kappa shape index (κ1) is 38.2. The van der Waals surface area contributed by atoms with Gasteiger partial charge in [0.1, 0.15) is 0 Å². The van der Waals surface area contributed by atoms with Crippen molar-refractivity contribution in [3.8, 4) is 0 Å². The predicted octanol–water partition coefficient (Wildman–Crippen LogP) is 12.9. The molecule has 12 aliphatic rings. The van der Waals surface area contributed by atoms with E-state index in [9.17, 15) is 0 Å². The van der Waals surface area contributed by atoms with Gasteiger partial charge >= 0.3 is 0 Å². The van der Waals surface area contributed by atoms with Gasteiger partial charge in [0.2, 0.25) is 0 Å². The smallest absolute Gasteiger partial charge is 0.0805 e. The van der Waals surface area contributed by atoms with Crippen LogP contribution >= 0.6 is 11.8 Å². The number of allylic oxidation sites excluding steroid dienone is 8. The summed E-state index contributed by atoms with van der Waals surface area (Å²) in [6.45, 7) is 0. The van der Waals surface area contributed by atoms with E-state index in [-0.39, 0.29) is 0 Å². The summed E-state index contributed by atoms with van der Waals surface area (Å²) in [5.41, 5.74) is 8.82. The molecule has 9 aliphatic carbocycles. The molecule has 3 nitrogen and oxygen atoms in total.